The fourth-order valence-electron chi connectivity index (χ4n) is 1.79. The smallest absolute Gasteiger partial charge is 0.334 e. The lowest BCUT2D eigenvalue weighted by atomic mass is 10.5. The summed E-state index contributed by atoms with van der Waals surface area (Å²) in [5.41, 5.74) is 0. The Hall–Kier alpha value is -2.43. The number of anilines is 2. The number of methoxy groups -OCH3 is 1. The minimum atomic E-state index is -0.678. The van der Waals surface area contributed by atoms with E-state index in [0.717, 1.165) is 9.80 Å². The fraction of sp³-hybridized carbons (Fsp3) is 0.500. The summed E-state index contributed by atoms with van der Waals surface area (Å²) in [5.74, 6) is -0.759. The Kier molecular flexibility index (Phi) is 4.98. The van der Waals surface area contributed by atoms with Crippen LogP contribution in [0.1, 0.15) is 0 Å². The lowest BCUT2D eigenvalue weighted by molar-refractivity contribution is -0.144. The Bertz CT molecular complexity index is 652. The average Bonchev–Trinajstić information content (AvgIpc) is 2.82. The van der Waals surface area contributed by atoms with Gasteiger partial charge in [0.15, 0.2) is 5.16 Å². The molecule has 0 saturated carbocycles. The maximum Gasteiger partial charge on any atom is 0.334 e. The molecule has 2 rings (SSSR count). The van der Waals surface area contributed by atoms with Crippen molar-refractivity contribution in [3.8, 4) is 0 Å². The Balaban J connectivity index is 2.32. The van der Waals surface area contributed by atoms with Crippen molar-refractivity contribution < 1.29 is 19.1 Å². The molecule has 0 unspecified atom stereocenters. The molecule has 10 nitrogen and oxygen atoms in total. The van der Waals surface area contributed by atoms with Gasteiger partial charge in [-0.25, -0.2) is 4.79 Å². The van der Waals surface area contributed by atoms with Crippen molar-refractivity contribution in [1.29, 1.82) is 0 Å². The number of ether oxygens (including phenoxy) is 1. The predicted molar refractivity (Wildman–Crippen MR) is 82.4 cm³/mol. The van der Waals surface area contributed by atoms with Crippen LogP contribution in [0, 0.1) is 0 Å². The van der Waals surface area contributed by atoms with Crippen LogP contribution in [0.3, 0.4) is 0 Å². The van der Waals surface area contributed by atoms with Crippen molar-refractivity contribution >= 4 is 41.6 Å². The highest BCUT2D eigenvalue weighted by Gasteiger charge is 2.40. The number of esters is 1. The number of carbonyl (C=O) groups excluding carboxylic acids is 3. The van der Waals surface area contributed by atoms with E-state index in [0.29, 0.717) is 11.1 Å². The lowest BCUT2D eigenvalue weighted by Crippen LogP contribution is -2.38. The molecule has 1 fully saturated rings. The molecule has 11 heteroatoms. The van der Waals surface area contributed by atoms with Gasteiger partial charge in [-0.15, -0.1) is 0 Å². The third kappa shape index (κ3) is 3.50. The summed E-state index contributed by atoms with van der Waals surface area (Å²) in [7, 11) is 4.69. The Morgan fingerprint density at radius 3 is 2.57 bits per heavy atom. The maximum atomic E-state index is 12.4. The zero-order valence-electron chi connectivity index (χ0n) is 13.1. The number of nitrogens with zero attached hydrogens (tertiary/aromatic N) is 6. The van der Waals surface area contributed by atoms with Gasteiger partial charge in [-0.3, -0.25) is 19.4 Å². The van der Waals surface area contributed by atoms with Crippen molar-refractivity contribution in [2.45, 2.75) is 5.16 Å². The minimum absolute atomic E-state index is 0.0683. The fourth-order valence-corrected chi connectivity index (χ4v) is 2.14. The number of aromatic nitrogens is 3. The molecule has 124 valence electrons. The highest BCUT2D eigenvalue weighted by Crippen LogP contribution is 2.21. The number of amides is 3. The number of hydrogen-bond acceptors (Lipinski definition) is 9. The zero-order chi connectivity index (χ0) is 17.1. The van der Waals surface area contributed by atoms with Gasteiger partial charge in [0, 0.05) is 14.1 Å². The average molecular weight is 340 g/mol. The Morgan fingerprint density at radius 2 is 2.00 bits per heavy atom. The van der Waals surface area contributed by atoms with Crippen LogP contribution >= 0.6 is 11.8 Å². The number of imide groups is 1. The van der Waals surface area contributed by atoms with Crippen LogP contribution in [0.25, 0.3) is 0 Å². The second kappa shape index (κ2) is 6.77. The highest BCUT2D eigenvalue weighted by molar-refractivity contribution is 7.98. The second-order valence-electron chi connectivity index (χ2n) is 4.74. The standard InChI is InChI=1S/C12H16N6O4S/c1-16(2)9-13-10(15-11(14-9)23-4)18-5-7(19)17(12(18)21)6-8(20)22-3/h5-6H2,1-4H3. The number of urea groups is 1. The van der Waals surface area contributed by atoms with Gasteiger partial charge in [0.2, 0.25) is 11.9 Å². The molecule has 0 spiro atoms. The van der Waals surface area contributed by atoms with Gasteiger partial charge in [0.1, 0.15) is 13.1 Å². The van der Waals surface area contributed by atoms with E-state index in [1.807, 2.05) is 0 Å². The molecule has 0 N–H and O–H groups in total. The molecule has 1 aliphatic rings. The summed E-state index contributed by atoms with van der Waals surface area (Å²) in [6.07, 6.45) is 1.79. The first-order chi connectivity index (χ1) is 10.9. The molecule has 1 saturated heterocycles. The first kappa shape index (κ1) is 16.9. The molecular formula is C12H16N6O4S. The van der Waals surface area contributed by atoms with Crippen LogP contribution in [0.4, 0.5) is 16.7 Å². The van der Waals surface area contributed by atoms with Gasteiger partial charge in [0.05, 0.1) is 7.11 Å². The van der Waals surface area contributed by atoms with Crippen LogP contribution in [-0.4, -0.2) is 78.3 Å². The van der Waals surface area contributed by atoms with Gasteiger partial charge < -0.3 is 9.64 Å². The number of carbonyl (C=O) groups is 3. The van der Waals surface area contributed by atoms with E-state index in [-0.39, 0.29) is 12.5 Å². The van der Waals surface area contributed by atoms with E-state index < -0.39 is 24.5 Å². The Labute approximate surface area is 136 Å². The Morgan fingerprint density at radius 1 is 1.30 bits per heavy atom. The molecule has 0 radical (unpaired) electrons. The number of thioether (sulfide) groups is 1. The first-order valence-electron chi connectivity index (χ1n) is 6.53. The van der Waals surface area contributed by atoms with Crippen LogP contribution < -0.4 is 9.80 Å². The molecule has 1 aromatic heterocycles. The summed E-state index contributed by atoms with van der Waals surface area (Å²) in [5, 5.41) is 0.422. The quantitative estimate of drug-likeness (QED) is 0.402. The number of hydrogen-bond donors (Lipinski definition) is 0. The van der Waals surface area contributed by atoms with Gasteiger partial charge >= 0.3 is 12.0 Å². The SMILES string of the molecule is COC(=O)CN1C(=O)CN(c2nc(SC)nc(N(C)C)n2)C1=O. The second-order valence-corrected chi connectivity index (χ2v) is 5.51. The van der Waals surface area contributed by atoms with Crippen LogP contribution in [0.2, 0.25) is 0 Å². The third-order valence-electron chi connectivity index (χ3n) is 2.99. The van der Waals surface area contributed by atoms with E-state index in [9.17, 15) is 14.4 Å². The van der Waals surface area contributed by atoms with Crippen molar-refractivity contribution in [3.05, 3.63) is 0 Å². The highest BCUT2D eigenvalue weighted by atomic mass is 32.2. The first-order valence-corrected chi connectivity index (χ1v) is 7.76. The molecule has 3 amide bonds. The van der Waals surface area contributed by atoms with Crippen LogP contribution in [0.5, 0.6) is 0 Å². The summed E-state index contributed by atoms with van der Waals surface area (Å²) in [6, 6.07) is -0.664. The van der Waals surface area contributed by atoms with Gasteiger partial charge in [-0.2, -0.15) is 15.0 Å². The molecule has 23 heavy (non-hydrogen) atoms. The molecule has 0 atom stereocenters. The van der Waals surface area contributed by atoms with Crippen molar-refractivity contribution in [2.24, 2.45) is 0 Å². The summed E-state index contributed by atoms with van der Waals surface area (Å²) in [6.45, 7) is -0.674. The molecule has 2 heterocycles. The van der Waals surface area contributed by atoms with Crippen molar-refractivity contribution in [3.63, 3.8) is 0 Å². The van der Waals surface area contributed by atoms with E-state index in [4.69, 9.17) is 0 Å². The molecular weight excluding hydrogens is 324 g/mol. The predicted octanol–water partition coefficient (Wildman–Crippen LogP) is -0.399. The van der Waals surface area contributed by atoms with Gasteiger partial charge in [0.25, 0.3) is 5.91 Å². The number of rotatable bonds is 5. The maximum absolute atomic E-state index is 12.4. The summed E-state index contributed by atoms with van der Waals surface area (Å²) in [4.78, 5) is 51.8. The molecule has 0 aliphatic carbocycles. The van der Waals surface area contributed by atoms with E-state index >= 15 is 0 Å². The van der Waals surface area contributed by atoms with Crippen molar-refractivity contribution in [1.82, 2.24) is 19.9 Å². The van der Waals surface area contributed by atoms with Gasteiger partial charge in [-0.05, 0) is 6.26 Å². The van der Waals surface area contributed by atoms with Crippen LogP contribution in [0.15, 0.2) is 5.16 Å². The molecule has 1 aliphatic heterocycles. The normalized spacial score (nSPS) is 14.4. The molecule has 0 bridgehead atoms. The van der Waals surface area contributed by atoms with Crippen molar-refractivity contribution in [2.75, 3.05) is 50.4 Å². The zero-order valence-corrected chi connectivity index (χ0v) is 14.0. The van der Waals surface area contributed by atoms with Gasteiger partial charge in [-0.1, -0.05) is 11.8 Å². The van der Waals surface area contributed by atoms with E-state index in [1.165, 1.54) is 18.9 Å². The monoisotopic (exact) mass is 340 g/mol. The largest absolute Gasteiger partial charge is 0.468 e. The van der Waals surface area contributed by atoms with E-state index in [2.05, 4.69) is 19.7 Å². The third-order valence-corrected chi connectivity index (χ3v) is 3.53. The van der Waals surface area contributed by atoms with Crippen LogP contribution in [-0.2, 0) is 14.3 Å². The molecule has 0 aromatic carbocycles. The minimum Gasteiger partial charge on any atom is -0.468 e. The summed E-state index contributed by atoms with van der Waals surface area (Å²) >= 11 is 1.29. The van der Waals surface area contributed by atoms with E-state index in [1.54, 1.807) is 25.3 Å². The summed E-state index contributed by atoms with van der Waals surface area (Å²) < 4.78 is 4.48. The lowest BCUT2D eigenvalue weighted by Gasteiger charge is -2.17. The topological polar surface area (TPSA) is 109 Å². The molecule has 1 aromatic rings.